The summed E-state index contributed by atoms with van der Waals surface area (Å²) in [6, 6.07) is 12.1. The molecule has 1 aliphatic rings. The van der Waals surface area contributed by atoms with Gasteiger partial charge in [-0.25, -0.2) is 19.3 Å². The Balaban J connectivity index is 1.50. The second-order valence-electron chi connectivity index (χ2n) is 11.4. The number of thiazole rings is 1. The smallest absolute Gasteiger partial charge is 0.301 e. The number of piperazine rings is 1. The van der Waals surface area contributed by atoms with Gasteiger partial charge in [-0.1, -0.05) is 45.4 Å². The summed E-state index contributed by atoms with van der Waals surface area (Å²) in [5.41, 5.74) is 2.30. The predicted octanol–water partition coefficient (Wildman–Crippen LogP) is 6.12. The topological polar surface area (TPSA) is 115 Å². The van der Waals surface area contributed by atoms with Gasteiger partial charge in [-0.2, -0.15) is 12.7 Å². The minimum Gasteiger partial charge on any atom is -0.368 e. The summed E-state index contributed by atoms with van der Waals surface area (Å²) in [6.07, 6.45) is 1.63. The Bertz CT molecular complexity index is 1750. The van der Waals surface area contributed by atoms with Crippen molar-refractivity contribution in [3.63, 3.8) is 0 Å². The van der Waals surface area contributed by atoms with Crippen LogP contribution < -0.4 is 20.3 Å². The number of benzene rings is 2. The third-order valence-corrected chi connectivity index (χ3v) is 10.5. The molecule has 4 aromatic rings. The van der Waals surface area contributed by atoms with Crippen molar-refractivity contribution in [3.8, 4) is 21.8 Å². The number of nitrogens with one attached hydrogen (secondary N) is 3. The lowest BCUT2D eigenvalue weighted by Gasteiger charge is -2.30. The molecule has 1 fully saturated rings. The summed E-state index contributed by atoms with van der Waals surface area (Å²) in [5.74, 6) is -0.381. The summed E-state index contributed by atoms with van der Waals surface area (Å²) in [6.45, 7) is 11.6. The van der Waals surface area contributed by atoms with Gasteiger partial charge >= 0.3 is 10.2 Å². The molecule has 5 rings (SSSR count). The molecule has 0 amide bonds. The number of hydrogen-bond donors (Lipinski definition) is 3. The van der Waals surface area contributed by atoms with Gasteiger partial charge in [0, 0.05) is 62.6 Å². The lowest BCUT2D eigenvalue weighted by atomic mass is 9.98. The molecule has 0 saturated carbocycles. The van der Waals surface area contributed by atoms with Gasteiger partial charge in [-0.15, -0.1) is 11.3 Å². The van der Waals surface area contributed by atoms with Crippen LogP contribution in [-0.2, 0) is 15.6 Å². The van der Waals surface area contributed by atoms with Crippen molar-refractivity contribution in [1.82, 2.24) is 24.6 Å². The fourth-order valence-electron chi connectivity index (χ4n) is 4.60. The van der Waals surface area contributed by atoms with Gasteiger partial charge in [0.2, 0.25) is 5.95 Å². The van der Waals surface area contributed by atoms with Gasteiger partial charge in [-0.05, 0) is 36.4 Å². The van der Waals surface area contributed by atoms with Crippen LogP contribution in [0.1, 0.15) is 32.7 Å². The Morgan fingerprint density at radius 3 is 2.57 bits per heavy atom. The van der Waals surface area contributed by atoms with E-state index in [9.17, 15) is 8.42 Å². The van der Waals surface area contributed by atoms with E-state index in [4.69, 9.17) is 21.6 Å². The first kappa shape index (κ1) is 32.0. The minimum atomic E-state index is -3.93. The Labute approximate surface area is 266 Å². The highest BCUT2D eigenvalue weighted by molar-refractivity contribution is 7.90. The van der Waals surface area contributed by atoms with Gasteiger partial charge in [0.15, 0.2) is 5.82 Å². The van der Waals surface area contributed by atoms with Crippen LogP contribution in [0.3, 0.4) is 0 Å². The van der Waals surface area contributed by atoms with E-state index in [0.29, 0.717) is 27.2 Å². The maximum Gasteiger partial charge on any atom is 0.301 e. The molecular formula is C30H36ClFN8O2S2. The zero-order valence-corrected chi connectivity index (χ0v) is 27.7. The molecule has 1 aliphatic heterocycles. The van der Waals surface area contributed by atoms with Crippen LogP contribution in [0, 0.1) is 5.82 Å². The molecular weight excluding hydrogens is 623 g/mol. The predicted molar refractivity (Wildman–Crippen MR) is 178 cm³/mol. The van der Waals surface area contributed by atoms with Gasteiger partial charge in [0.25, 0.3) is 0 Å². The second-order valence-corrected chi connectivity index (χ2v) is 14.6. The average molecular weight is 659 g/mol. The van der Waals surface area contributed by atoms with Gasteiger partial charge in [-0.3, -0.25) is 4.72 Å². The van der Waals surface area contributed by atoms with Crippen molar-refractivity contribution >= 4 is 56.2 Å². The highest BCUT2D eigenvalue weighted by Crippen LogP contribution is 2.42. The highest BCUT2D eigenvalue weighted by Gasteiger charge is 2.27. The summed E-state index contributed by atoms with van der Waals surface area (Å²) in [5, 5.41) is 7.99. The van der Waals surface area contributed by atoms with Crippen LogP contribution in [0.2, 0.25) is 5.02 Å². The number of anilines is 4. The zero-order valence-electron chi connectivity index (χ0n) is 25.3. The summed E-state index contributed by atoms with van der Waals surface area (Å²) >= 11 is 8.06. The number of aromatic nitrogens is 3. The lowest BCUT2D eigenvalue weighted by molar-refractivity contribution is 0.491. The Morgan fingerprint density at radius 2 is 1.89 bits per heavy atom. The SMILES string of the molecule is CCN(C)S(=O)(=O)Nc1cccc(-c2nc(C(C)(C)C)sc2-c2ccnc(Nc3ccc(N4CCNCC4)c(Cl)c3)n2)c1F. The monoisotopic (exact) mass is 658 g/mol. The van der Waals surface area contributed by atoms with Crippen molar-refractivity contribution in [1.29, 1.82) is 0 Å². The van der Waals surface area contributed by atoms with Crippen molar-refractivity contribution in [2.45, 2.75) is 33.1 Å². The molecule has 3 heterocycles. The summed E-state index contributed by atoms with van der Waals surface area (Å²) in [4.78, 5) is 16.9. The molecule has 14 heteroatoms. The molecule has 44 heavy (non-hydrogen) atoms. The third kappa shape index (κ3) is 6.97. The molecule has 0 atom stereocenters. The van der Waals surface area contributed by atoms with Gasteiger partial charge in [0.1, 0.15) is 0 Å². The van der Waals surface area contributed by atoms with Crippen LogP contribution in [0.25, 0.3) is 21.8 Å². The van der Waals surface area contributed by atoms with Crippen LogP contribution in [0.4, 0.5) is 27.4 Å². The molecule has 0 aliphatic carbocycles. The van der Waals surface area contributed by atoms with E-state index in [1.165, 1.54) is 24.5 Å². The number of nitrogens with zero attached hydrogens (tertiary/aromatic N) is 5. The maximum atomic E-state index is 16.0. The molecule has 2 aromatic heterocycles. The van der Waals surface area contributed by atoms with E-state index in [0.717, 1.165) is 46.9 Å². The zero-order chi connectivity index (χ0) is 31.6. The van der Waals surface area contributed by atoms with Crippen molar-refractivity contribution in [3.05, 3.63) is 64.5 Å². The van der Waals surface area contributed by atoms with Crippen molar-refractivity contribution < 1.29 is 12.8 Å². The highest BCUT2D eigenvalue weighted by atomic mass is 35.5. The Morgan fingerprint density at radius 1 is 1.14 bits per heavy atom. The Kier molecular flexibility index (Phi) is 9.42. The Hall–Kier alpha value is -3.36. The van der Waals surface area contributed by atoms with E-state index >= 15 is 4.39 Å². The molecule has 3 N–H and O–H groups in total. The third-order valence-electron chi connectivity index (χ3n) is 7.17. The first-order valence-electron chi connectivity index (χ1n) is 14.3. The van der Waals surface area contributed by atoms with E-state index in [1.54, 1.807) is 31.3 Å². The van der Waals surface area contributed by atoms with Crippen molar-refractivity contribution in [2.24, 2.45) is 0 Å². The lowest BCUT2D eigenvalue weighted by Crippen LogP contribution is -2.43. The fourth-order valence-corrected chi connectivity index (χ4v) is 6.94. The molecule has 1 saturated heterocycles. The van der Waals surface area contributed by atoms with Gasteiger partial charge in [0.05, 0.1) is 37.7 Å². The fraction of sp³-hybridized carbons (Fsp3) is 0.367. The van der Waals surface area contributed by atoms with E-state index in [-0.39, 0.29) is 23.2 Å². The molecule has 10 nitrogen and oxygen atoms in total. The standard InChI is InChI=1S/C30H36ClFN8O2S2/c1-6-39(5)44(41,42)38-22-9-7-8-20(25(22)32)26-27(43-28(37-26)30(2,3)4)23-12-13-34-29(36-23)35-19-10-11-24(21(31)18-19)40-16-14-33-15-17-40/h7-13,18,33,38H,6,14-17H2,1-5H3,(H,34,35,36). The summed E-state index contributed by atoms with van der Waals surface area (Å²) in [7, 11) is -2.51. The number of halogens is 2. The normalized spacial score (nSPS) is 14.2. The average Bonchev–Trinajstić information content (AvgIpc) is 3.45. The van der Waals surface area contributed by atoms with Crippen LogP contribution >= 0.6 is 22.9 Å². The first-order chi connectivity index (χ1) is 20.9. The number of rotatable bonds is 9. The summed E-state index contributed by atoms with van der Waals surface area (Å²) < 4.78 is 44.8. The molecule has 0 bridgehead atoms. The van der Waals surface area contributed by atoms with E-state index < -0.39 is 16.0 Å². The van der Waals surface area contributed by atoms with E-state index in [1.807, 2.05) is 39.0 Å². The van der Waals surface area contributed by atoms with Crippen LogP contribution in [0.5, 0.6) is 0 Å². The largest absolute Gasteiger partial charge is 0.368 e. The molecule has 2 aromatic carbocycles. The first-order valence-corrected chi connectivity index (χ1v) is 16.9. The van der Waals surface area contributed by atoms with Crippen molar-refractivity contribution in [2.75, 3.05) is 54.7 Å². The molecule has 0 spiro atoms. The quantitative estimate of drug-likeness (QED) is 0.197. The van der Waals surface area contributed by atoms with Gasteiger partial charge < -0.3 is 15.5 Å². The molecule has 0 unspecified atom stereocenters. The van der Waals surface area contributed by atoms with E-state index in [2.05, 4.69) is 25.2 Å². The van der Waals surface area contributed by atoms with Crippen LogP contribution in [-0.4, -0.2) is 67.4 Å². The second kappa shape index (κ2) is 12.9. The van der Waals surface area contributed by atoms with Crippen LogP contribution in [0.15, 0.2) is 48.7 Å². The molecule has 0 radical (unpaired) electrons. The minimum absolute atomic E-state index is 0.162. The molecule has 234 valence electrons. The maximum absolute atomic E-state index is 16.0. The number of hydrogen-bond acceptors (Lipinski definition) is 9.